The normalized spacial score (nSPS) is 34.9. The molecule has 1 amide bonds. The molecule has 0 bridgehead atoms. The van der Waals surface area contributed by atoms with Gasteiger partial charge in [0.2, 0.25) is 0 Å². The maximum absolute atomic E-state index is 13.3. The second kappa shape index (κ2) is 6.39. The lowest BCUT2D eigenvalue weighted by molar-refractivity contribution is -0.164. The van der Waals surface area contributed by atoms with E-state index >= 15 is 0 Å². The summed E-state index contributed by atoms with van der Waals surface area (Å²) in [5.74, 6) is -1.41. The summed E-state index contributed by atoms with van der Waals surface area (Å²) in [6.45, 7) is 4.25. The van der Waals surface area contributed by atoms with Gasteiger partial charge in [-0.3, -0.25) is 4.79 Å². The van der Waals surface area contributed by atoms with Gasteiger partial charge in [-0.05, 0) is 13.3 Å². The average molecular weight is 465 g/mol. The average Bonchev–Trinajstić information content (AvgIpc) is 3.17. The molecule has 0 spiro atoms. The molecule has 2 aliphatic rings. The summed E-state index contributed by atoms with van der Waals surface area (Å²) in [6, 6.07) is -1.34. The van der Waals surface area contributed by atoms with Crippen molar-refractivity contribution in [1.29, 1.82) is 0 Å². The van der Waals surface area contributed by atoms with Crippen LogP contribution in [0.5, 0.6) is 0 Å². The Bertz CT molecular complexity index is 857. The Labute approximate surface area is 162 Å². The van der Waals surface area contributed by atoms with Gasteiger partial charge in [0.25, 0.3) is 5.91 Å². The van der Waals surface area contributed by atoms with E-state index in [0.29, 0.717) is 5.01 Å². The first kappa shape index (κ1) is 19.5. The number of sulfone groups is 1. The number of hydrogen-bond acceptors (Lipinski definition) is 8. The van der Waals surface area contributed by atoms with E-state index in [-0.39, 0.29) is 13.0 Å². The summed E-state index contributed by atoms with van der Waals surface area (Å²) < 4.78 is 28.5. The van der Waals surface area contributed by atoms with E-state index in [1.807, 2.05) is 0 Å². The summed E-state index contributed by atoms with van der Waals surface area (Å²) in [7, 11) is -4.04. The van der Waals surface area contributed by atoms with Crippen molar-refractivity contribution in [2.75, 3.05) is 13.2 Å². The minimum absolute atomic E-state index is 0.108. The lowest BCUT2D eigenvalue weighted by Crippen LogP contribution is -2.70. The third-order valence-corrected chi connectivity index (χ3v) is 10.4. The fraction of sp³-hybridized carbons (Fsp3) is 0.533. The van der Waals surface area contributed by atoms with Crippen LogP contribution >= 0.6 is 27.3 Å². The van der Waals surface area contributed by atoms with Crippen molar-refractivity contribution < 1.29 is 27.9 Å². The van der Waals surface area contributed by atoms with Gasteiger partial charge in [-0.15, -0.1) is 11.3 Å². The number of carbonyl (C=O) groups is 2. The second-order valence-corrected chi connectivity index (χ2v) is 10.9. The minimum Gasteiger partial charge on any atom is -0.460 e. The number of alkyl halides is 1. The number of amides is 1. The Morgan fingerprint density at radius 2 is 2.31 bits per heavy atom. The highest BCUT2D eigenvalue weighted by Gasteiger charge is 2.80. The van der Waals surface area contributed by atoms with E-state index in [4.69, 9.17) is 4.74 Å². The Kier molecular flexibility index (Phi) is 4.79. The highest BCUT2D eigenvalue weighted by molar-refractivity contribution is 9.10. The first-order valence-electron chi connectivity index (χ1n) is 7.71. The van der Waals surface area contributed by atoms with Gasteiger partial charge >= 0.3 is 5.97 Å². The highest BCUT2D eigenvalue weighted by Crippen LogP contribution is 2.59. The van der Waals surface area contributed by atoms with Crippen LogP contribution in [-0.4, -0.2) is 64.7 Å². The maximum Gasteiger partial charge on any atom is 0.330 e. The number of aliphatic hydroxyl groups excluding tert-OH is 1. The highest BCUT2D eigenvalue weighted by atomic mass is 79.9. The van der Waals surface area contributed by atoms with Crippen molar-refractivity contribution in [2.24, 2.45) is 0 Å². The van der Waals surface area contributed by atoms with E-state index in [1.165, 1.54) is 19.2 Å². The molecule has 0 aliphatic carbocycles. The number of nitrogens with zero attached hydrogens (tertiary/aromatic N) is 2. The number of hydrogen-bond donors (Lipinski definition) is 1. The van der Waals surface area contributed by atoms with Crippen LogP contribution < -0.4 is 0 Å². The lowest BCUT2D eigenvalue weighted by atomic mass is 9.89. The Morgan fingerprint density at radius 1 is 1.62 bits per heavy atom. The summed E-state index contributed by atoms with van der Waals surface area (Å²) in [5.41, 5.74) is 0. The molecule has 4 atom stereocenters. The molecule has 0 saturated carbocycles. The summed E-state index contributed by atoms with van der Waals surface area (Å²) in [5, 5.41) is 10.1. The zero-order valence-electron chi connectivity index (χ0n) is 13.8. The molecule has 2 aliphatic heterocycles. The molecule has 1 N–H and O–H groups in total. The van der Waals surface area contributed by atoms with Crippen molar-refractivity contribution >= 4 is 49.0 Å². The van der Waals surface area contributed by atoms with Crippen molar-refractivity contribution in [3.63, 3.8) is 0 Å². The summed E-state index contributed by atoms with van der Waals surface area (Å²) in [4.78, 5) is 30.6. The zero-order valence-corrected chi connectivity index (χ0v) is 17.0. The Balaban J connectivity index is 2.12. The number of β-lactam (4-membered cyclic amide) rings is 1. The van der Waals surface area contributed by atoms with Crippen LogP contribution in [0, 0.1) is 0 Å². The van der Waals surface area contributed by atoms with Crippen LogP contribution in [0.4, 0.5) is 0 Å². The van der Waals surface area contributed by atoms with Gasteiger partial charge in [0.1, 0.15) is 16.4 Å². The van der Waals surface area contributed by atoms with Gasteiger partial charge in [-0.2, -0.15) is 0 Å². The molecule has 11 heteroatoms. The third kappa shape index (κ3) is 2.26. The van der Waals surface area contributed by atoms with Gasteiger partial charge < -0.3 is 14.7 Å². The van der Waals surface area contributed by atoms with Crippen LogP contribution in [0.15, 0.2) is 24.2 Å². The monoisotopic (exact) mass is 464 g/mol. The number of aliphatic hydroxyl groups is 1. The Morgan fingerprint density at radius 3 is 2.85 bits per heavy atom. The van der Waals surface area contributed by atoms with E-state index in [2.05, 4.69) is 27.5 Å². The zero-order chi connectivity index (χ0) is 19.3. The van der Waals surface area contributed by atoms with E-state index in [0.717, 1.165) is 16.2 Å². The molecule has 142 valence electrons. The van der Waals surface area contributed by atoms with Crippen molar-refractivity contribution in [2.45, 2.75) is 33.8 Å². The molecule has 2 unspecified atom stereocenters. The molecule has 26 heavy (non-hydrogen) atoms. The summed E-state index contributed by atoms with van der Waals surface area (Å²) >= 11 is 4.43. The number of halogens is 1. The first-order valence-corrected chi connectivity index (χ1v) is 10.9. The third-order valence-electron chi connectivity index (χ3n) is 4.86. The van der Waals surface area contributed by atoms with E-state index in [1.54, 1.807) is 5.38 Å². The predicted octanol–water partition coefficient (Wildman–Crippen LogP) is 0.569. The van der Waals surface area contributed by atoms with Crippen molar-refractivity contribution in [3.8, 4) is 0 Å². The van der Waals surface area contributed by atoms with Gasteiger partial charge in [0.15, 0.2) is 25.6 Å². The van der Waals surface area contributed by atoms with Gasteiger partial charge in [-0.25, -0.2) is 18.2 Å². The maximum atomic E-state index is 13.3. The number of thiazole rings is 1. The van der Waals surface area contributed by atoms with Crippen LogP contribution in [0.25, 0.3) is 0 Å². The molecule has 8 nitrogen and oxygen atoms in total. The molecule has 3 rings (SSSR count). The fourth-order valence-corrected chi connectivity index (χ4v) is 8.46. The molecular weight excluding hydrogens is 448 g/mol. The molecule has 0 aromatic carbocycles. The molecule has 3 heterocycles. The number of fused-ring (bicyclic) bond motifs is 1. The number of rotatable bonds is 6. The SMILES string of the molecule is C=CCOC(=O)[C@@H]1N2C(=O)C(Br)(c3nccs3)[C@H]2S(=O)(=O)C1(C)CCO. The van der Waals surface area contributed by atoms with Gasteiger partial charge in [0.05, 0.1) is 0 Å². The van der Waals surface area contributed by atoms with E-state index in [9.17, 15) is 23.1 Å². The standard InChI is InChI=1S/C15H17BrN2O6S2/c1-3-7-24-10(20)9-14(2,4-6-19)26(22,23)13-15(16,12(21)18(9)13)11-17-5-8-25-11/h3,5,8-9,13,19H,1,4,6-7H2,2H3/t9-,13+,14?,15?/m0/s1. The summed E-state index contributed by atoms with van der Waals surface area (Å²) in [6.07, 6.45) is 2.62. The van der Waals surface area contributed by atoms with Gasteiger partial charge in [0, 0.05) is 18.2 Å². The van der Waals surface area contributed by atoms with Crippen LogP contribution in [-0.2, 0) is 28.5 Å². The fourth-order valence-electron chi connectivity index (χ4n) is 3.53. The molecule has 2 saturated heterocycles. The number of aromatic nitrogens is 1. The van der Waals surface area contributed by atoms with Crippen LogP contribution in [0.3, 0.4) is 0 Å². The van der Waals surface area contributed by atoms with Crippen molar-refractivity contribution in [1.82, 2.24) is 9.88 Å². The first-order chi connectivity index (χ1) is 12.2. The number of carbonyl (C=O) groups excluding carboxylic acids is 2. The van der Waals surface area contributed by atoms with Crippen LogP contribution in [0.2, 0.25) is 0 Å². The Hall–Kier alpha value is -1.30. The van der Waals surface area contributed by atoms with Crippen LogP contribution in [0.1, 0.15) is 18.4 Å². The topological polar surface area (TPSA) is 114 Å². The van der Waals surface area contributed by atoms with E-state index < -0.39 is 48.8 Å². The van der Waals surface area contributed by atoms with Gasteiger partial charge in [-0.1, -0.05) is 28.6 Å². The lowest BCUT2D eigenvalue weighted by Gasteiger charge is -2.47. The molecule has 0 radical (unpaired) electrons. The smallest absolute Gasteiger partial charge is 0.330 e. The second-order valence-electron chi connectivity index (χ2n) is 6.27. The largest absolute Gasteiger partial charge is 0.460 e. The molecule has 2 fully saturated rings. The molecule has 1 aromatic rings. The number of esters is 1. The predicted molar refractivity (Wildman–Crippen MR) is 97.3 cm³/mol. The molecule has 1 aromatic heterocycles. The number of ether oxygens (including phenoxy) is 1. The van der Waals surface area contributed by atoms with Crippen molar-refractivity contribution in [3.05, 3.63) is 29.2 Å². The minimum atomic E-state index is -4.04. The molecular formula is C15H17BrN2O6S2. The quantitative estimate of drug-likeness (QED) is 0.283.